The van der Waals surface area contributed by atoms with Gasteiger partial charge in [-0.3, -0.25) is 9.59 Å². The summed E-state index contributed by atoms with van der Waals surface area (Å²) >= 11 is 5.86. The van der Waals surface area contributed by atoms with E-state index in [-0.39, 0.29) is 24.8 Å². The Bertz CT molecular complexity index is 807. The summed E-state index contributed by atoms with van der Waals surface area (Å²) in [4.78, 5) is 26.8. The summed E-state index contributed by atoms with van der Waals surface area (Å²) in [5, 5.41) is 13.5. The Morgan fingerprint density at radius 2 is 1.96 bits per heavy atom. The lowest BCUT2D eigenvalue weighted by Gasteiger charge is -2.24. The molecule has 0 radical (unpaired) electrons. The van der Waals surface area contributed by atoms with Crippen molar-refractivity contribution in [3.05, 3.63) is 70.2 Å². The average molecular weight is 373 g/mol. The van der Waals surface area contributed by atoms with Crippen molar-refractivity contribution >= 4 is 23.4 Å². The molecule has 2 atom stereocenters. The molecule has 0 spiro atoms. The minimum atomic E-state index is -0.699. The molecule has 0 saturated carbocycles. The van der Waals surface area contributed by atoms with Gasteiger partial charge < -0.3 is 15.3 Å². The topological polar surface area (TPSA) is 69.6 Å². The average Bonchev–Trinajstić information content (AvgIpc) is 3.02. The first-order valence-corrected chi connectivity index (χ1v) is 8.89. The van der Waals surface area contributed by atoms with E-state index in [0.29, 0.717) is 17.1 Å². The molecular formula is C20H21ClN2O3. The highest BCUT2D eigenvalue weighted by Crippen LogP contribution is 2.21. The van der Waals surface area contributed by atoms with Crippen LogP contribution in [0.3, 0.4) is 0 Å². The molecule has 1 aliphatic rings. The van der Waals surface area contributed by atoms with Crippen LogP contribution in [0, 0.1) is 6.92 Å². The van der Waals surface area contributed by atoms with E-state index < -0.39 is 12.1 Å². The molecule has 2 aromatic rings. The first-order valence-electron chi connectivity index (χ1n) is 8.52. The Morgan fingerprint density at radius 3 is 2.65 bits per heavy atom. The zero-order valence-electron chi connectivity index (χ0n) is 14.5. The van der Waals surface area contributed by atoms with E-state index in [9.17, 15) is 14.7 Å². The molecule has 2 N–H and O–H groups in total. The molecule has 0 unspecified atom stereocenters. The highest BCUT2D eigenvalue weighted by Gasteiger charge is 2.39. The number of β-amino-alcohol motifs (C(OH)–C–C–N with tert-alkyl or cyclic N) is 1. The third-order valence-corrected chi connectivity index (χ3v) is 4.74. The number of carbonyl (C=O) groups excluding carboxylic acids is 2. The maximum Gasteiger partial charge on any atom is 0.254 e. The molecule has 1 fully saturated rings. The minimum absolute atomic E-state index is 0.159. The summed E-state index contributed by atoms with van der Waals surface area (Å²) in [5.41, 5.74) is 2.41. The van der Waals surface area contributed by atoms with Gasteiger partial charge in [-0.05, 0) is 36.8 Å². The van der Waals surface area contributed by atoms with Gasteiger partial charge in [-0.25, -0.2) is 0 Å². The number of carbonyl (C=O) groups is 2. The monoisotopic (exact) mass is 372 g/mol. The Kier molecular flexibility index (Phi) is 5.59. The number of aliphatic hydroxyl groups is 1. The van der Waals surface area contributed by atoms with Crippen molar-refractivity contribution in [2.75, 3.05) is 6.54 Å². The van der Waals surface area contributed by atoms with Crippen LogP contribution in [0.25, 0.3) is 0 Å². The second-order valence-electron chi connectivity index (χ2n) is 6.58. The fourth-order valence-electron chi connectivity index (χ4n) is 3.14. The fourth-order valence-corrected chi connectivity index (χ4v) is 3.27. The molecule has 2 amide bonds. The molecule has 1 saturated heterocycles. The molecule has 2 aromatic carbocycles. The molecule has 26 heavy (non-hydrogen) atoms. The Labute approximate surface area is 157 Å². The van der Waals surface area contributed by atoms with Gasteiger partial charge in [0.25, 0.3) is 5.91 Å². The van der Waals surface area contributed by atoms with Crippen molar-refractivity contribution in [3.8, 4) is 0 Å². The predicted octanol–water partition coefficient (Wildman–Crippen LogP) is 2.54. The van der Waals surface area contributed by atoms with Crippen molar-refractivity contribution in [3.63, 3.8) is 0 Å². The van der Waals surface area contributed by atoms with Crippen LogP contribution >= 0.6 is 11.6 Å². The standard InChI is InChI=1S/C20H21ClN2O3/c1-13-3-2-4-15(9-13)20(26)23-12-17(24)10-18(23)19(25)22-11-14-5-7-16(21)8-6-14/h2-9,17-18,24H,10-12H2,1H3,(H,22,25)/t17-,18+/m1/s1. The van der Waals surface area contributed by atoms with Crippen LogP contribution in [0.2, 0.25) is 5.02 Å². The third kappa shape index (κ3) is 4.23. The molecular weight excluding hydrogens is 352 g/mol. The Morgan fingerprint density at radius 1 is 1.23 bits per heavy atom. The summed E-state index contributed by atoms with van der Waals surface area (Å²) in [6, 6.07) is 13.7. The van der Waals surface area contributed by atoms with Gasteiger partial charge in [-0.1, -0.05) is 41.4 Å². The van der Waals surface area contributed by atoms with Crippen LogP contribution < -0.4 is 5.32 Å². The number of nitrogens with zero attached hydrogens (tertiary/aromatic N) is 1. The third-order valence-electron chi connectivity index (χ3n) is 4.49. The second kappa shape index (κ2) is 7.89. The van der Waals surface area contributed by atoms with Crippen molar-refractivity contribution in [2.24, 2.45) is 0 Å². The number of hydrogen-bond acceptors (Lipinski definition) is 3. The van der Waals surface area contributed by atoms with Crippen molar-refractivity contribution in [1.29, 1.82) is 0 Å². The minimum Gasteiger partial charge on any atom is -0.391 e. The zero-order valence-corrected chi connectivity index (χ0v) is 15.2. The van der Waals surface area contributed by atoms with Crippen molar-refractivity contribution in [2.45, 2.75) is 32.0 Å². The zero-order chi connectivity index (χ0) is 18.7. The van der Waals surface area contributed by atoms with E-state index in [1.54, 1.807) is 24.3 Å². The molecule has 5 nitrogen and oxygen atoms in total. The lowest BCUT2D eigenvalue weighted by Crippen LogP contribution is -2.45. The molecule has 0 aliphatic carbocycles. The van der Waals surface area contributed by atoms with E-state index in [0.717, 1.165) is 11.1 Å². The molecule has 0 aromatic heterocycles. The van der Waals surface area contributed by atoms with Gasteiger partial charge in [0.15, 0.2) is 0 Å². The molecule has 136 valence electrons. The largest absolute Gasteiger partial charge is 0.391 e. The van der Waals surface area contributed by atoms with E-state index in [2.05, 4.69) is 5.32 Å². The molecule has 1 aliphatic heterocycles. The number of aryl methyl sites for hydroxylation is 1. The van der Waals surface area contributed by atoms with Crippen molar-refractivity contribution < 1.29 is 14.7 Å². The van der Waals surface area contributed by atoms with Crippen LogP contribution in [-0.2, 0) is 11.3 Å². The molecule has 1 heterocycles. The van der Waals surface area contributed by atoms with Gasteiger partial charge in [0.1, 0.15) is 6.04 Å². The smallest absolute Gasteiger partial charge is 0.254 e. The number of aliphatic hydroxyl groups excluding tert-OH is 1. The van der Waals surface area contributed by atoms with Crippen LogP contribution in [0.1, 0.15) is 27.9 Å². The van der Waals surface area contributed by atoms with E-state index >= 15 is 0 Å². The summed E-state index contributed by atoms with van der Waals surface area (Å²) in [5.74, 6) is -0.505. The van der Waals surface area contributed by atoms with E-state index in [4.69, 9.17) is 11.6 Å². The lowest BCUT2D eigenvalue weighted by atomic mass is 10.1. The SMILES string of the molecule is Cc1cccc(C(=O)N2C[C@H](O)C[C@H]2C(=O)NCc2ccc(Cl)cc2)c1. The maximum atomic E-state index is 12.8. The Balaban J connectivity index is 1.69. The van der Waals surface area contributed by atoms with Gasteiger partial charge in [-0.2, -0.15) is 0 Å². The van der Waals surface area contributed by atoms with Gasteiger partial charge in [0.2, 0.25) is 5.91 Å². The predicted molar refractivity (Wildman–Crippen MR) is 99.9 cm³/mol. The fraction of sp³-hybridized carbons (Fsp3) is 0.300. The summed E-state index contributed by atoms with van der Waals surface area (Å²) < 4.78 is 0. The highest BCUT2D eigenvalue weighted by molar-refractivity contribution is 6.30. The highest BCUT2D eigenvalue weighted by atomic mass is 35.5. The number of benzene rings is 2. The summed E-state index contributed by atoms with van der Waals surface area (Å²) in [7, 11) is 0. The van der Waals surface area contributed by atoms with E-state index in [1.807, 2.05) is 31.2 Å². The van der Waals surface area contributed by atoms with Gasteiger partial charge in [-0.15, -0.1) is 0 Å². The van der Waals surface area contributed by atoms with Crippen molar-refractivity contribution in [1.82, 2.24) is 10.2 Å². The van der Waals surface area contributed by atoms with Gasteiger partial charge in [0.05, 0.1) is 6.10 Å². The number of rotatable bonds is 4. The van der Waals surface area contributed by atoms with Gasteiger partial charge >= 0.3 is 0 Å². The van der Waals surface area contributed by atoms with Crippen LogP contribution in [0.5, 0.6) is 0 Å². The van der Waals surface area contributed by atoms with Gasteiger partial charge in [0, 0.05) is 30.1 Å². The lowest BCUT2D eigenvalue weighted by molar-refractivity contribution is -0.125. The molecule has 0 bridgehead atoms. The maximum absolute atomic E-state index is 12.8. The first kappa shape index (κ1) is 18.4. The second-order valence-corrected chi connectivity index (χ2v) is 7.01. The quantitative estimate of drug-likeness (QED) is 0.866. The van der Waals surface area contributed by atoms with Crippen LogP contribution in [0.15, 0.2) is 48.5 Å². The van der Waals surface area contributed by atoms with E-state index in [1.165, 1.54) is 4.90 Å². The normalized spacial score (nSPS) is 19.4. The molecule has 3 rings (SSSR count). The number of halogens is 1. The van der Waals surface area contributed by atoms with Crippen LogP contribution in [0.4, 0.5) is 0 Å². The number of amides is 2. The number of nitrogens with one attached hydrogen (secondary N) is 1. The Hall–Kier alpha value is -2.37. The number of likely N-dealkylation sites (tertiary alicyclic amines) is 1. The first-order chi connectivity index (χ1) is 12.4. The number of hydrogen-bond donors (Lipinski definition) is 2. The summed E-state index contributed by atoms with van der Waals surface area (Å²) in [6.07, 6.45) is -0.459. The molecule has 6 heteroatoms. The summed E-state index contributed by atoms with van der Waals surface area (Å²) in [6.45, 7) is 2.41. The van der Waals surface area contributed by atoms with Crippen LogP contribution in [-0.4, -0.2) is 40.5 Å².